The third kappa shape index (κ3) is 3.99. The maximum absolute atomic E-state index is 13.0. The predicted molar refractivity (Wildman–Crippen MR) is 114 cm³/mol. The van der Waals surface area contributed by atoms with Gasteiger partial charge in [-0.25, -0.2) is 17.1 Å². The van der Waals surface area contributed by atoms with Crippen molar-refractivity contribution in [1.29, 1.82) is 0 Å². The topological polar surface area (TPSA) is 82.1 Å². The van der Waals surface area contributed by atoms with E-state index < -0.39 is 15.9 Å². The molecular weight excluding hydrogens is 437 g/mol. The molecule has 0 N–H and O–H groups in total. The quantitative estimate of drug-likeness (QED) is 0.537. The summed E-state index contributed by atoms with van der Waals surface area (Å²) in [5, 5.41) is 0. The zero-order valence-corrected chi connectivity index (χ0v) is 18.2. The first-order valence-corrected chi connectivity index (χ1v) is 11.1. The summed E-state index contributed by atoms with van der Waals surface area (Å²) in [6.07, 6.45) is 0. The Bertz CT molecular complexity index is 1260. The van der Waals surface area contributed by atoms with Crippen LogP contribution in [0.15, 0.2) is 65.6 Å². The summed E-state index contributed by atoms with van der Waals surface area (Å²) in [6.45, 7) is 0.135. The Kier molecular flexibility index (Phi) is 5.75. The second kappa shape index (κ2) is 8.51. The van der Waals surface area contributed by atoms with E-state index >= 15 is 0 Å². The van der Waals surface area contributed by atoms with Gasteiger partial charge in [0.1, 0.15) is 23.1 Å². The van der Waals surface area contributed by atoms with Crippen molar-refractivity contribution < 1.29 is 31.8 Å². The van der Waals surface area contributed by atoms with Crippen molar-refractivity contribution >= 4 is 15.9 Å². The number of amides is 1. The van der Waals surface area contributed by atoms with Gasteiger partial charge in [0.05, 0.1) is 26.3 Å². The highest BCUT2D eigenvalue weighted by molar-refractivity contribution is 7.90. The normalized spacial score (nSPS) is 14.2. The molecule has 0 aliphatic carbocycles. The second-order valence-corrected chi connectivity index (χ2v) is 8.91. The molecule has 0 unspecified atom stereocenters. The first-order valence-electron chi connectivity index (χ1n) is 9.63. The average Bonchev–Trinajstić information content (AvgIpc) is 2.98. The van der Waals surface area contributed by atoms with Gasteiger partial charge in [-0.1, -0.05) is 24.3 Å². The number of methoxy groups -OCH3 is 2. The van der Waals surface area contributed by atoms with Crippen molar-refractivity contribution in [3.05, 3.63) is 83.2 Å². The molecule has 3 aromatic rings. The number of nitrogens with zero attached hydrogens (tertiary/aromatic N) is 1. The van der Waals surface area contributed by atoms with Crippen molar-refractivity contribution in [2.24, 2.45) is 0 Å². The van der Waals surface area contributed by atoms with Crippen LogP contribution in [0.4, 0.5) is 4.39 Å². The summed E-state index contributed by atoms with van der Waals surface area (Å²) in [5.41, 5.74) is 1.47. The van der Waals surface area contributed by atoms with Crippen molar-refractivity contribution in [2.45, 2.75) is 18.0 Å². The van der Waals surface area contributed by atoms with Gasteiger partial charge in [0.15, 0.2) is 11.5 Å². The number of halogens is 1. The summed E-state index contributed by atoms with van der Waals surface area (Å²) in [6, 6.07) is 15.4. The van der Waals surface area contributed by atoms with Crippen LogP contribution in [0.5, 0.6) is 17.2 Å². The number of hydrogen-bond donors (Lipinski definition) is 0. The Morgan fingerprint density at radius 2 is 1.47 bits per heavy atom. The molecule has 0 aromatic heterocycles. The number of hydrogen-bond acceptors (Lipinski definition) is 6. The minimum Gasteiger partial charge on any atom is -0.493 e. The fourth-order valence-electron chi connectivity index (χ4n) is 3.36. The molecule has 7 nitrogen and oxygen atoms in total. The molecule has 0 saturated carbocycles. The molecule has 3 aromatic carbocycles. The molecule has 0 fully saturated rings. The molecule has 32 heavy (non-hydrogen) atoms. The summed E-state index contributed by atoms with van der Waals surface area (Å²) < 4.78 is 55.8. The Labute approximate surface area is 185 Å². The predicted octanol–water partition coefficient (Wildman–Crippen LogP) is 3.77. The number of ether oxygens (including phenoxy) is 3. The van der Waals surface area contributed by atoms with Gasteiger partial charge in [-0.3, -0.25) is 4.79 Å². The van der Waals surface area contributed by atoms with Crippen molar-refractivity contribution in [2.75, 3.05) is 14.2 Å². The van der Waals surface area contributed by atoms with E-state index in [1.807, 2.05) is 0 Å². The van der Waals surface area contributed by atoms with Crippen molar-refractivity contribution in [1.82, 2.24) is 4.31 Å². The number of benzene rings is 3. The Morgan fingerprint density at radius 1 is 0.875 bits per heavy atom. The molecule has 0 radical (unpaired) electrons. The SMILES string of the molecule is COc1cc2c(cc1OC)S(=O)(=O)N(Cc1ccc(OCc3ccc(F)cc3)cc1)C2=O. The number of carbonyl (C=O) groups is 1. The van der Waals surface area contributed by atoms with E-state index in [-0.39, 0.29) is 40.9 Å². The Morgan fingerprint density at radius 3 is 2.09 bits per heavy atom. The van der Waals surface area contributed by atoms with E-state index in [1.54, 1.807) is 36.4 Å². The minimum absolute atomic E-state index is 0.0434. The largest absolute Gasteiger partial charge is 0.493 e. The number of fused-ring (bicyclic) bond motifs is 1. The molecule has 1 aliphatic heterocycles. The number of carbonyl (C=O) groups excluding carboxylic acids is 1. The fourth-order valence-corrected chi connectivity index (χ4v) is 4.92. The van der Waals surface area contributed by atoms with E-state index in [4.69, 9.17) is 14.2 Å². The summed E-state index contributed by atoms with van der Waals surface area (Å²) in [7, 11) is -1.22. The van der Waals surface area contributed by atoms with Gasteiger partial charge >= 0.3 is 0 Å². The Balaban J connectivity index is 1.50. The number of rotatable bonds is 7. The van der Waals surface area contributed by atoms with E-state index in [1.165, 1.54) is 38.5 Å². The smallest absolute Gasteiger partial charge is 0.269 e. The molecule has 4 rings (SSSR count). The molecule has 1 aliphatic rings. The third-order valence-corrected chi connectivity index (χ3v) is 6.85. The summed E-state index contributed by atoms with van der Waals surface area (Å²) in [5.74, 6) is 0.124. The molecule has 166 valence electrons. The monoisotopic (exact) mass is 457 g/mol. The minimum atomic E-state index is -4.02. The van der Waals surface area contributed by atoms with Gasteiger partial charge in [-0.05, 0) is 41.5 Å². The van der Waals surface area contributed by atoms with Gasteiger partial charge in [-0.15, -0.1) is 0 Å². The number of sulfonamides is 1. The van der Waals surface area contributed by atoms with E-state index in [9.17, 15) is 17.6 Å². The molecule has 1 amide bonds. The van der Waals surface area contributed by atoms with Gasteiger partial charge < -0.3 is 14.2 Å². The third-order valence-electron chi connectivity index (χ3n) is 5.08. The molecular formula is C23H20FNO6S. The van der Waals surface area contributed by atoms with Crippen LogP contribution < -0.4 is 14.2 Å². The lowest BCUT2D eigenvalue weighted by Gasteiger charge is -2.15. The van der Waals surface area contributed by atoms with Crippen molar-refractivity contribution in [3.63, 3.8) is 0 Å². The molecule has 1 heterocycles. The van der Waals surface area contributed by atoms with Gasteiger partial charge in [-0.2, -0.15) is 0 Å². The van der Waals surface area contributed by atoms with Crippen LogP contribution in [0, 0.1) is 5.82 Å². The van der Waals surface area contributed by atoms with E-state index in [2.05, 4.69) is 0 Å². The van der Waals surface area contributed by atoms with Crippen LogP contribution >= 0.6 is 0 Å². The highest BCUT2D eigenvalue weighted by Gasteiger charge is 2.42. The van der Waals surface area contributed by atoms with Gasteiger partial charge in [0, 0.05) is 6.07 Å². The molecule has 0 saturated heterocycles. The molecule has 9 heteroatoms. The average molecular weight is 457 g/mol. The van der Waals surface area contributed by atoms with Gasteiger partial charge in [0.25, 0.3) is 15.9 Å². The van der Waals surface area contributed by atoms with Crippen LogP contribution in [0.3, 0.4) is 0 Å². The second-order valence-electron chi connectivity index (χ2n) is 7.08. The fraction of sp³-hybridized carbons (Fsp3) is 0.174. The lowest BCUT2D eigenvalue weighted by atomic mass is 10.1. The van der Waals surface area contributed by atoms with Crippen LogP contribution in [-0.2, 0) is 23.2 Å². The van der Waals surface area contributed by atoms with Gasteiger partial charge in [0.2, 0.25) is 0 Å². The maximum Gasteiger partial charge on any atom is 0.269 e. The highest BCUT2D eigenvalue weighted by Crippen LogP contribution is 2.39. The lowest BCUT2D eigenvalue weighted by molar-refractivity contribution is 0.0864. The summed E-state index contributed by atoms with van der Waals surface area (Å²) in [4.78, 5) is 12.7. The molecule has 0 atom stereocenters. The maximum atomic E-state index is 13.0. The molecule has 0 bridgehead atoms. The van der Waals surface area contributed by atoms with Crippen LogP contribution in [0.1, 0.15) is 21.5 Å². The van der Waals surface area contributed by atoms with Crippen molar-refractivity contribution in [3.8, 4) is 17.2 Å². The zero-order chi connectivity index (χ0) is 22.9. The highest BCUT2D eigenvalue weighted by atomic mass is 32.2. The zero-order valence-electron chi connectivity index (χ0n) is 17.4. The molecule has 0 spiro atoms. The van der Waals surface area contributed by atoms with E-state index in [0.29, 0.717) is 11.3 Å². The standard InChI is InChI=1S/C23H20FNO6S/c1-29-20-11-19-22(12-21(20)30-2)32(27,28)25(23(19)26)13-15-5-9-18(10-6-15)31-14-16-3-7-17(24)8-4-16/h3-12H,13-14H2,1-2H3. The summed E-state index contributed by atoms with van der Waals surface area (Å²) >= 11 is 0. The van der Waals surface area contributed by atoms with Crippen LogP contribution in [0.2, 0.25) is 0 Å². The Hall–Kier alpha value is -3.59. The first-order chi connectivity index (χ1) is 15.3. The first kappa shape index (κ1) is 21.6. The van der Waals surface area contributed by atoms with Crippen LogP contribution in [0.25, 0.3) is 0 Å². The van der Waals surface area contributed by atoms with Crippen LogP contribution in [-0.4, -0.2) is 32.8 Å². The lowest BCUT2D eigenvalue weighted by Crippen LogP contribution is -2.29. The van der Waals surface area contributed by atoms with E-state index in [0.717, 1.165) is 9.87 Å².